The van der Waals surface area contributed by atoms with Gasteiger partial charge in [-0.15, -0.1) is 11.3 Å². The quantitative estimate of drug-likeness (QED) is 0.614. The summed E-state index contributed by atoms with van der Waals surface area (Å²) < 4.78 is 0. The van der Waals surface area contributed by atoms with Crippen LogP contribution in [0, 0.1) is 0 Å². The lowest BCUT2D eigenvalue weighted by atomic mass is 10.1. The van der Waals surface area contributed by atoms with Crippen molar-refractivity contribution in [2.24, 2.45) is 0 Å². The fourth-order valence-corrected chi connectivity index (χ4v) is 2.44. The van der Waals surface area contributed by atoms with Crippen LogP contribution < -0.4 is 0 Å². The molecule has 0 aromatic carbocycles. The van der Waals surface area contributed by atoms with E-state index in [4.69, 9.17) is 0 Å². The van der Waals surface area contributed by atoms with Gasteiger partial charge in [0.15, 0.2) is 0 Å². The van der Waals surface area contributed by atoms with Crippen molar-refractivity contribution in [2.45, 2.75) is 33.1 Å². The third kappa shape index (κ3) is 2.85. The molecule has 0 nitrogen and oxygen atoms in total. The van der Waals surface area contributed by atoms with Gasteiger partial charge in [-0.05, 0) is 42.3 Å². The molecule has 1 rings (SSSR count). The van der Waals surface area contributed by atoms with Gasteiger partial charge in [-0.25, -0.2) is 0 Å². The van der Waals surface area contributed by atoms with Gasteiger partial charge in [0.2, 0.25) is 0 Å². The molecule has 0 spiro atoms. The van der Waals surface area contributed by atoms with Gasteiger partial charge in [0.1, 0.15) is 0 Å². The van der Waals surface area contributed by atoms with E-state index in [9.17, 15) is 0 Å². The fraction of sp³-hybridized carbons (Fsp3) is 0.385. The molecule has 0 saturated heterocycles. The lowest BCUT2D eigenvalue weighted by Gasteiger charge is -2.02. The van der Waals surface area contributed by atoms with E-state index >= 15 is 0 Å². The standard InChI is InChI=1S/C13H18S/c1-4-6-8-12-9-10-14-13(12)11(3)7-5-2/h5,7,9-10H,2,4,6,8H2,1,3H3/b11-7-. The Morgan fingerprint density at radius 2 is 2.36 bits per heavy atom. The van der Waals surface area contributed by atoms with Gasteiger partial charge >= 0.3 is 0 Å². The topological polar surface area (TPSA) is 0 Å². The van der Waals surface area contributed by atoms with E-state index in [0.717, 1.165) is 0 Å². The molecule has 0 radical (unpaired) electrons. The van der Waals surface area contributed by atoms with Crippen LogP contribution in [0.5, 0.6) is 0 Å². The molecule has 1 heterocycles. The average molecular weight is 206 g/mol. The Hall–Kier alpha value is -0.820. The van der Waals surface area contributed by atoms with Crippen LogP contribution in [0.15, 0.2) is 30.2 Å². The van der Waals surface area contributed by atoms with Crippen molar-refractivity contribution in [1.82, 2.24) is 0 Å². The van der Waals surface area contributed by atoms with Gasteiger partial charge in [0, 0.05) is 4.88 Å². The van der Waals surface area contributed by atoms with Gasteiger partial charge in [-0.2, -0.15) is 0 Å². The second kappa shape index (κ2) is 5.82. The van der Waals surface area contributed by atoms with Crippen molar-refractivity contribution in [3.8, 4) is 0 Å². The van der Waals surface area contributed by atoms with Gasteiger partial charge < -0.3 is 0 Å². The molecule has 0 saturated carbocycles. The van der Waals surface area contributed by atoms with Crippen LogP contribution in [-0.2, 0) is 6.42 Å². The number of unbranched alkanes of at least 4 members (excludes halogenated alkanes) is 1. The Morgan fingerprint density at radius 3 is 3.00 bits per heavy atom. The van der Waals surface area contributed by atoms with Crippen LogP contribution in [0.3, 0.4) is 0 Å². The Balaban J connectivity index is 2.81. The van der Waals surface area contributed by atoms with E-state index in [1.165, 1.54) is 35.3 Å². The zero-order chi connectivity index (χ0) is 10.4. The van der Waals surface area contributed by atoms with E-state index in [-0.39, 0.29) is 0 Å². The van der Waals surface area contributed by atoms with Gasteiger partial charge in [-0.3, -0.25) is 0 Å². The summed E-state index contributed by atoms with van der Waals surface area (Å²) in [5.41, 5.74) is 2.83. The van der Waals surface area contributed by atoms with Crippen molar-refractivity contribution < 1.29 is 0 Å². The maximum atomic E-state index is 3.73. The van der Waals surface area contributed by atoms with Crippen molar-refractivity contribution >= 4 is 16.9 Å². The van der Waals surface area contributed by atoms with Gasteiger partial charge in [0.05, 0.1) is 0 Å². The van der Waals surface area contributed by atoms with Crippen molar-refractivity contribution in [1.29, 1.82) is 0 Å². The monoisotopic (exact) mass is 206 g/mol. The normalized spacial score (nSPS) is 11.7. The van der Waals surface area contributed by atoms with E-state index in [0.29, 0.717) is 0 Å². The minimum Gasteiger partial charge on any atom is -0.144 e. The number of aryl methyl sites for hydroxylation is 1. The summed E-state index contributed by atoms with van der Waals surface area (Å²) in [6, 6.07) is 2.25. The number of hydrogen-bond donors (Lipinski definition) is 0. The third-order valence-corrected chi connectivity index (χ3v) is 3.36. The predicted molar refractivity (Wildman–Crippen MR) is 66.8 cm³/mol. The summed E-state index contributed by atoms with van der Waals surface area (Å²) in [5.74, 6) is 0. The lowest BCUT2D eigenvalue weighted by Crippen LogP contribution is -1.86. The molecule has 0 aliphatic rings. The Bertz CT molecular complexity index is 318. The van der Waals surface area contributed by atoms with E-state index in [1.807, 2.05) is 17.4 Å². The first-order valence-corrected chi connectivity index (χ1v) is 6.03. The molecule has 0 unspecified atom stereocenters. The molecule has 14 heavy (non-hydrogen) atoms. The molecule has 0 bridgehead atoms. The molecule has 0 fully saturated rings. The summed E-state index contributed by atoms with van der Waals surface area (Å²) >= 11 is 1.83. The molecule has 0 aliphatic heterocycles. The largest absolute Gasteiger partial charge is 0.144 e. The highest BCUT2D eigenvalue weighted by Crippen LogP contribution is 2.26. The zero-order valence-corrected chi connectivity index (χ0v) is 9.86. The predicted octanol–water partition coefficient (Wildman–Crippen LogP) is 4.68. The summed E-state index contributed by atoms with van der Waals surface area (Å²) in [6.07, 6.45) is 7.70. The van der Waals surface area contributed by atoms with Crippen molar-refractivity contribution in [2.75, 3.05) is 0 Å². The maximum absolute atomic E-state index is 3.73. The Labute approximate surface area is 91.0 Å². The molecule has 0 atom stereocenters. The number of allylic oxidation sites excluding steroid dienone is 3. The van der Waals surface area contributed by atoms with Crippen molar-refractivity contribution in [3.05, 3.63) is 40.6 Å². The van der Waals surface area contributed by atoms with Crippen LogP contribution >= 0.6 is 11.3 Å². The maximum Gasteiger partial charge on any atom is 0.0331 e. The first kappa shape index (κ1) is 11.3. The smallest absolute Gasteiger partial charge is 0.0331 e. The van der Waals surface area contributed by atoms with E-state index < -0.39 is 0 Å². The number of hydrogen-bond acceptors (Lipinski definition) is 1. The number of thiophene rings is 1. The van der Waals surface area contributed by atoms with Gasteiger partial charge in [0.25, 0.3) is 0 Å². The van der Waals surface area contributed by atoms with Crippen LogP contribution in [-0.4, -0.2) is 0 Å². The molecule has 1 aromatic heterocycles. The van der Waals surface area contributed by atoms with Crippen LogP contribution in [0.1, 0.15) is 37.1 Å². The van der Waals surface area contributed by atoms with E-state index in [2.05, 4.69) is 37.9 Å². The molecule has 0 aliphatic carbocycles. The molecule has 1 heteroatoms. The summed E-state index contributed by atoms with van der Waals surface area (Å²) in [6.45, 7) is 8.12. The second-order valence-electron chi connectivity index (χ2n) is 3.46. The van der Waals surface area contributed by atoms with Gasteiger partial charge in [-0.1, -0.05) is 32.1 Å². The van der Waals surface area contributed by atoms with Crippen LogP contribution in [0.2, 0.25) is 0 Å². The highest BCUT2D eigenvalue weighted by Gasteiger charge is 2.04. The van der Waals surface area contributed by atoms with Crippen LogP contribution in [0.4, 0.5) is 0 Å². The number of rotatable bonds is 5. The third-order valence-electron chi connectivity index (χ3n) is 2.27. The summed E-state index contributed by atoms with van der Waals surface area (Å²) in [5, 5.41) is 2.18. The summed E-state index contributed by atoms with van der Waals surface area (Å²) in [7, 11) is 0. The molecular weight excluding hydrogens is 188 g/mol. The molecule has 76 valence electrons. The lowest BCUT2D eigenvalue weighted by molar-refractivity contribution is 0.796. The average Bonchev–Trinajstić information content (AvgIpc) is 2.63. The van der Waals surface area contributed by atoms with Crippen molar-refractivity contribution in [3.63, 3.8) is 0 Å². The van der Waals surface area contributed by atoms with Crippen LogP contribution in [0.25, 0.3) is 5.57 Å². The fourth-order valence-electron chi connectivity index (χ4n) is 1.50. The first-order valence-electron chi connectivity index (χ1n) is 5.15. The Kier molecular flexibility index (Phi) is 4.68. The highest BCUT2D eigenvalue weighted by atomic mass is 32.1. The zero-order valence-electron chi connectivity index (χ0n) is 9.05. The molecule has 0 N–H and O–H groups in total. The van der Waals surface area contributed by atoms with E-state index in [1.54, 1.807) is 0 Å². The summed E-state index contributed by atoms with van der Waals surface area (Å²) in [4.78, 5) is 1.43. The Morgan fingerprint density at radius 1 is 1.57 bits per heavy atom. The molecule has 1 aromatic rings. The highest BCUT2D eigenvalue weighted by molar-refractivity contribution is 7.11. The minimum atomic E-state index is 1.21. The second-order valence-corrected chi connectivity index (χ2v) is 4.38. The molecular formula is C13H18S. The first-order chi connectivity index (χ1) is 6.79. The SMILES string of the molecule is C=C/C=C(/C)c1sccc1CCCC. The minimum absolute atomic E-state index is 1.21. The molecule has 0 amide bonds.